The van der Waals surface area contributed by atoms with Crippen molar-refractivity contribution in [1.82, 2.24) is 9.88 Å². The van der Waals surface area contributed by atoms with Crippen LogP contribution in [0.15, 0.2) is 157 Å². The lowest BCUT2D eigenvalue weighted by Gasteiger charge is -2.41. The van der Waals surface area contributed by atoms with Crippen molar-refractivity contribution in [3.05, 3.63) is 180 Å². The average molecular weight is 605 g/mol. The van der Waals surface area contributed by atoms with Gasteiger partial charge in [0.05, 0.1) is 29.0 Å². The lowest BCUT2D eigenvalue weighted by Crippen LogP contribution is -2.48. The number of fused-ring (bicyclic) bond motifs is 10. The average Bonchev–Trinajstić information content (AvgIpc) is 3.61. The van der Waals surface area contributed by atoms with Crippen LogP contribution in [0.1, 0.15) is 47.0 Å². The zero-order valence-electron chi connectivity index (χ0n) is 26.0. The molecule has 2 aliphatic heterocycles. The molecular weight excluding hydrogens is 573 g/mol. The number of rotatable bonds is 2. The van der Waals surface area contributed by atoms with Gasteiger partial charge in [-0.1, -0.05) is 127 Å². The molecule has 3 heterocycles. The summed E-state index contributed by atoms with van der Waals surface area (Å²) in [6.45, 7) is 2.42. The van der Waals surface area contributed by atoms with Gasteiger partial charge in [0.2, 0.25) is 5.96 Å². The van der Waals surface area contributed by atoms with E-state index in [4.69, 9.17) is 4.99 Å². The maximum Gasteiger partial charge on any atom is 0.205 e. The van der Waals surface area contributed by atoms with Gasteiger partial charge in [-0.2, -0.15) is 0 Å². The molecular formula is C43H32N4. The molecule has 1 aromatic heterocycles. The topological polar surface area (TPSA) is 32.6 Å². The van der Waals surface area contributed by atoms with E-state index in [9.17, 15) is 0 Å². The lowest BCUT2D eigenvalue weighted by atomic mass is 9.71. The summed E-state index contributed by atoms with van der Waals surface area (Å²) in [5.41, 5.74) is 10.5. The SMILES string of the molecule is CC12C=Cc3c(n(-c4ccccc4)c4ccccc34)C1N(C1=Nc3ccccc3C(c3ccccc3)N1)c1ccc3ccccc3c12. The van der Waals surface area contributed by atoms with Crippen molar-refractivity contribution >= 4 is 45.1 Å². The van der Waals surface area contributed by atoms with Crippen LogP contribution in [0.25, 0.3) is 33.4 Å². The van der Waals surface area contributed by atoms with Crippen LogP contribution in [-0.2, 0) is 5.41 Å². The Morgan fingerprint density at radius 1 is 0.681 bits per heavy atom. The normalized spacial score (nSPS) is 20.7. The maximum absolute atomic E-state index is 5.43. The summed E-state index contributed by atoms with van der Waals surface area (Å²) in [5.74, 6) is 0.869. The first kappa shape index (κ1) is 26.4. The summed E-state index contributed by atoms with van der Waals surface area (Å²) < 4.78 is 2.49. The van der Waals surface area contributed by atoms with Crippen molar-refractivity contribution in [2.45, 2.75) is 24.4 Å². The number of hydrogen-bond acceptors (Lipinski definition) is 3. The molecule has 0 radical (unpaired) electrons. The van der Waals surface area contributed by atoms with Crippen LogP contribution in [0.4, 0.5) is 11.4 Å². The fourth-order valence-electron chi connectivity index (χ4n) is 8.45. The number of benzene rings is 6. The van der Waals surface area contributed by atoms with Crippen LogP contribution in [0.2, 0.25) is 0 Å². The molecule has 1 N–H and O–H groups in total. The molecule has 10 rings (SSSR count). The van der Waals surface area contributed by atoms with Gasteiger partial charge < -0.3 is 14.8 Å². The minimum absolute atomic E-state index is 0.0331. The van der Waals surface area contributed by atoms with E-state index in [1.165, 1.54) is 55.3 Å². The highest BCUT2D eigenvalue weighted by Gasteiger charge is 2.54. The third-order valence-corrected chi connectivity index (χ3v) is 10.5. The maximum atomic E-state index is 5.43. The smallest absolute Gasteiger partial charge is 0.205 e. The minimum atomic E-state index is -0.340. The number of nitrogens with zero attached hydrogens (tertiary/aromatic N) is 3. The van der Waals surface area contributed by atoms with Crippen LogP contribution < -0.4 is 10.2 Å². The Balaban J connectivity index is 1.29. The zero-order valence-corrected chi connectivity index (χ0v) is 26.0. The highest BCUT2D eigenvalue weighted by Crippen LogP contribution is 2.60. The second kappa shape index (κ2) is 9.81. The number of aromatic nitrogens is 1. The molecule has 224 valence electrons. The van der Waals surface area contributed by atoms with Gasteiger partial charge in [-0.15, -0.1) is 0 Å². The van der Waals surface area contributed by atoms with Gasteiger partial charge >= 0.3 is 0 Å². The Labute approximate surface area is 273 Å². The molecule has 3 atom stereocenters. The molecule has 0 spiro atoms. The second-order valence-corrected chi connectivity index (χ2v) is 13.0. The Kier molecular flexibility index (Phi) is 5.50. The van der Waals surface area contributed by atoms with Crippen molar-refractivity contribution in [3.8, 4) is 5.69 Å². The molecule has 1 aliphatic carbocycles. The van der Waals surface area contributed by atoms with Crippen molar-refractivity contribution in [1.29, 1.82) is 0 Å². The van der Waals surface area contributed by atoms with Crippen molar-refractivity contribution in [2.75, 3.05) is 4.90 Å². The third kappa shape index (κ3) is 3.67. The van der Waals surface area contributed by atoms with E-state index in [2.05, 4.69) is 179 Å². The summed E-state index contributed by atoms with van der Waals surface area (Å²) in [7, 11) is 0. The highest BCUT2D eigenvalue weighted by molar-refractivity contribution is 6.08. The molecule has 0 saturated heterocycles. The molecule has 0 amide bonds. The molecule has 4 heteroatoms. The summed E-state index contributed by atoms with van der Waals surface area (Å²) in [6, 6.07) is 52.2. The molecule has 3 unspecified atom stereocenters. The first-order valence-electron chi connectivity index (χ1n) is 16.4. The van der Waals surface area contributed by atoms with E-state index >= 15 is 0 Å². The van der Waals surface area contributed by atoms with E-state index in [1.807, 2.05) is 0 Å². The summed E-state index contributed by atoms with van der Waals surface area (Å²) in [4.78, 5) is 7.94. The van der Waals surface area contributed by atoms with Crippen LogP contribution in [0.5, 0.6) is 0 Å². The van der Waals surface area contributed by atoms with Gasteiger partial charge in [-0.05, 0) is 59.2 Å². The first-order valence-corrected chi connectivity index (χ1v) is 16.4. The van der Waals surface area contributed by atoms with Gasteiger partial charge in [0.25, 0.3) is 0 Å². The Hall–Kier alpha value is -5.87. The predicted octanol–water partition coefficient (Wildman–Crippen LogP) is 10.0. The van der Waals surface area contributed by atoms with E-state index < -0.39 is 0 Å². The summed E-state index contributed by atoms with van der Waals surface area (Å²) in [6.07, 6.45) is 4.83. The third-order valence-electron chi connectivity index (χ3n) is 10.5. The van der Waals surface area contributed by atoms with E-state index in [0.717, 1.165) is 17.3 Å². The van der Waals surface area contributed by atoms with Crippen molar-refractivity contribution in [3.63, 3.8) is 0 Å². The van der Waals surface area contributed by atoms with E-state index in [1.54, 1.807) is 0 Å². The quantitative estimate of drug-likeness (QED) is 0.213. The van der Waals surface area contributed by atoms with Crippen molar-refractivity contribution in [2.24, 2.45) is 4.99 Å². The molecule has 3 aliphatic rings. The van der Waals surface area contributed by atoms with Gasteiger partial charge in [0.15, 0.2) is 0 Å². The monoisotopic (exact) mass is 604 g/mol. The molecule has 0 bridgehead atoms. The van der Waals surface area contributed by atoms with Gasteiger partial charge in [0.1, 0.15) is 0 Å². The largest absolute Gasteiger partial charge is 0.345 e. The first-order chi connectivity index (χ1) is 23.2. The Morgan fingerprint density at radius 3 is 2.23 bits per heavy atom. The van der Waals surface area contributed by atoms with Gasteiger partial charge in [0, 0.05) is 33.3 Å². The number of aliphatic imine (C=N–C) groups is 1. The summed E-state index contributed by atoms with van der Waals surface area (Å²) in [5, 5.41) is 7.77. The Morgan fingerprint density at radius 2 is 1.38 bits per heavy atom. The number of para-hydroxylation sites is 3. The fourth-order valence-corrected chi connectivity index (χ4v) is 8.45. The molecule has 7 aromatic rings. The number of anilines is 1. The van der Waals surface area contributed by atoms with Gasteiger partial charge in [-0.3, -0.25) is 0 Å². The molecule has 47 heavy (non-hydrogen) atoms. The fraction of sp³-hybridized carbons (Fsp3) is 0.0930. The van der Waals surface area contributed by atoms with Crippen molar-refractivity contribution < 1.29 is 0 Å². The van der Waals surface area contributed by atoms with E-state index in [0.29, 0.717) is 0 Å². The second-order valence-electron chi connectivity index (χ2n) is 13.0. The predicted molar refractivity (Wildman–Crippen MR) is 194 cm³/mol. The molecule has 6 aromatic carbocycles. The molecule has 0 fully saturated rings. The number of guanidine groups is 1. The molecule has 4 nitrogen and oxygen atoms in total. The summed E-state index contributed by atoms with van der Waals surface area (Å²) >= 11 is 0. The van der Waals surface area contributed by atoms with E-state index in [-0.39, 0.29) is 17.5 Å². The zero-order chi connectivity index (χ0) is 31.1. The standard InChI is InChI=1S/C43H32N4/c1-43-27-26-33-32-20-11-13-23-36(32)46(30-17-6-3-7-18-30)40(33)41(43)47(37-25-24-28-14-8-9-19-31(28)38(37)43)42-44-35-22-12-10-21-34(35)39(45-42)29-15-4-2-5-16-29/h2-27,39,41H,1H3,(H,44,45). The number of nitrogens with one attached hydrogen (secondary N) is 1. The van der Waals surface area contributed by atoms with Crippen LogP contribution in [0.3, 0.4) is 0 Å². The Bertz CT molecular complexity index is 2420. The molecule has 0 saturated carbocycles. The van der Waals surface area contributed by atoms with Crippen LogP contribution in [-0.4, -0.2) is 10.5 Å². The van der Waals surface area contributed by atoms with Crippen LogP contribution >= 0.6 is 0 Å². The number of hydrogen-bond donors (Lipinski definition) is 1. The minimum Gasteiger partial charge on any atom is -0.345 e. The highest BCUT2D eigenvalue weighted by atomic mass is 15.4. The van der Waals surface area contributed by atoms with Crippen LogP contribution in [0, 0.1) is 0 Å². The lowest BCUT2D eigenvalue weighted by molar-refractivity contribution is 0.486. The van der Waals surface area contributed by atoms with Gasteiger partial charge in [-0.25, -0.2) is 4.99 Å².